The fourth-order valence-electron chi connectivity index (χ4n) is 3.32. The molecule has 1 aromatic heterocycles. The van der Waals surface area contributed by atoms with E-state index in [9.17, 15) is 19.8 Å². The molecule has 0 aromatic carbocycles. The Morgan fingerprint density at radius 1 is 1.38 bits per heavy atom. The molecule has 24 heavy (non-hydrogen) atoms. The van der Waals surface area contributed by atoms with E-state index in [0.717, 1.165) is 0 Å². The number of ether oxygens (including phenoxy) is 2. The Hall–Kier alpha value is -2.12. The maximum absolute atomic E-state index is 12.7. The summed E-state index contributed by atoms with van der Waals surface area (Å²) in [5.74, 6) is 0.829. The molecule has 2 aliphatic carbocycles. The van der Waals surface area contributed by atoms with E-state index < -0.39 is 18.4 Å². The predicted octanol–water partition coefficient (Wildman–Crippen LogP) is 1.91. The molecular formula is C17H20O7. The van der Waals surface area contributed by atoms with Gasteiger partial charge in [0.2, 0.25) is 0 Å². The number of rotatable bonds is 2. The summed E-state index contributed by atoms with van der Waals surface area (Å²) in [5.41, 5.74) is 0.558. The molecule has 1 heterocycles. The number of aliphatic hydroxyl groups excluding tert-OH is 2. The van der Waals surface area contributed by atoms with Crippen LogP contribution >= 0.6 is 0 Å². The molecule has 130 valence electrons. The van der Waals surface area contributed by atoms with Crippen molar-refractivity contribution in [2.24, 2.45) is 0 Å². The molecule has 2 N–H and O–H groups in total. The predicted molar refractivity (Wildman–Crippen MR) is 82.4 cm³/mol. The lowest BCUT2D eigenvalue weighted by molar-refractivity contribution is 0.0590. The number of carbonyl (C=O) groups excluding carboxylic acids is 1. The summed E-state index contributed by atoms with van der Waals surface area (Å²) in [6, 6.07) is 0. The van der Waals surface area contributed by atoms with Gasteiger partial charge in [-0.3, -0.25) is 4.79 Å². The smallest absolute Gasteiger partial charge is 0.468 e. The molecular weight excluding hydrogens is 316 g/mol. The van der Waals surface area contributed by atoms with Crippen molar-refractivity contribution in [3.8, 4) is 0 Å². The zero-order valence-electron chi connectivity index (χ0n) is 13.4. The first-order valence-corrected chi connectivity index (χ1v) is 7.95. The maximum Gasteiger partial charge on any atom is 0.513 e. The summed E-state index contributed by atoms with van der Waals surface area (Å²) in [4.78, 5) is 23.8. The standard InChI is InChI=1S/C17H20O7/c1-22-17(21)24-11-4-2-9(3-5-11)12-8-23-14-7-10(18)6-13(19)15(14)16(12)20/h4,8-10,13,18-19H,2-3,5-7H2,1H3/t9-,10+,13-/m0/s1. The molecule has 0 amide bonds. The summed E-state index contributed by atoms with van der Waals surface area (Å²) < 4.78 is 15.0. The highest BCUT2D eigenvalue weighted by molar-refractivity contribution is 5.61. The monoisotopic (exact) mass is 336 g/mol. The molecule has 0 saturated carbocycles. The minimum absolute atomic E-state index is 0.0596. The number of hydrogen-bond acceptors (Lipinski definition) is 7. The van der Waals surface area contributed by atoms with Crippen LogP contribution in [0.15, 0.2) is 27.3 Å². The zero-order chi connectivity index (χ0) is 17.3. The first-order chi connectivity index (χ1) is 11.5. The van der Waals surface area contributed by atoms with Crippen molar-refractivity contribution in [2.75, 3.05) is 7.11 Å². The number of fused-ring (bicyclic) bond motifs is 1. The van der Waals surface area contributed by atoms with E-state index in [0.29, 0.717) is 36.3 Å². The van der Waals surface area contributed by atoms with Gasteiger partial charge in [0.25, 0.3) is 0 Å². The third-order valence-electron chi connectivity index (χ3n) is 4.58. The lowest BCUT2D eigenvalue weighted by atomic mass is 9.84. The lowest BCUT2D eigenvalue weighted by Crippen LogP contribution is -2.30. The van der Waals surface area contributed by atoms with Crippen LogP contribution in [0.4, 0.5) is 4.79 Å². The molecule has 1 aromatic rings. The lowest BCUT2D eigenvalue weighted by Gasteiger charge is -2.26. The van der Waals surface area contributed by atoms with Crippen LogP contribution in [0.3, 0.4) is 0 Å². The first-order valence-electron chi connectivity index (χ1n) is 7.95. The summed E-state index contributed by atoms with van der Waals surface area (Å²) >= 11 is 0. The number of methoxy groups -OCH3 is 1. The largest absolute Gasteiger partial charge is 0.513 e. The Balaban J connectivity index is 1.81. The van der Waals surface area contributed by atoms with Gasteiger partial charge in [-0.1, -0.05) is 0 Å². The highest BCUT2D eigenvalue weighted by atomic mass is 16.7. The topological polar surface area (TPSA) is 106 Å². The molecule has 7 heteroatoms. The Kier molecular flexibility index (Phi) is 4.73. The average Bonchev–Trinajstić information content (AvgIpc) is 2.55. The van der Waals surface area contributed by atoms with E-state index in [1.54, 1.807) is 6.08 Å². The van der Waals surface area contributed by atoms with Gasteiger partial charge in [0, 0.05) is 24.8 Å². The highest BCUT2D eigenvalue weighted by Gasteiger charge is 2.31. The van der Waals surface area contributed by atoms with E-state index in [4.69, 9.17) is 9.15 Å². The van der Waals surface area contributed by atoms with Crippen LogP contribution in [0, 0.1) is 0 Å². The van der Waals surface area contributed by atoms with Gasteiger partial charge in [-0.15, -0.1) is 0 Å². The molecule has 0 bridgehead atoms. The summed E-state index contributed by atoms with van der Waals surface area (Å²) in [6.07, 6.45) is 2.80. The Bertz CT molecular complexity index is 718. The molecule has 0 unspecified atom stereocenters. The molecule has 2 aliphatic rings. The second-order valence-electron chi connectivity index (χ2n) is 6.16. The summed E-state index contributed by atoms with van der Waals surface area (Å²) in [6.45, 7) is 0. The van der Waals surface area contributed by atoms with Gasteiger partial charge in [0.1, 0.15) is 11.5 Å². The van der Waals surface area contributed by atoms with Gasteiger partial charge in [0.15, 0.2) is 5.43 Å². The van der Waals surface area contributed by atoms with Crippen LogP contribution in [0.25, 0.3) is 0 Å². The maximum atomic E-state index is 12.7. The third-order valence-corrected chi connectivity index (χ3v) is 4.58. The van der Waals surface area contributed by atoms with E-state index in [2.05, 4.69) is 4.74 Å². The van der Waals surface area contributed by atoms with Crippen molar-refractivity contribution in [3.63, 3.8) is 0 Å². The second-order valence-corrected chi connectivity index (χ2v) is 6.16. The van der Waals surface area contributed by atoms with E-state index >= 15 is 0 Å². The third kappa shape index (κ3) is 3.22. The number of carbonyl (C=O) groups is 1. The van der Waals surface area contributed by atoms with Gasteiger partial charge in [-0.05, 0) is 24.8 Å². The average molecular weight is 336 g/mol. The number of allylic oxidation sites excluding steroid dienone is 2. The Morgan fingerprint density at radius 2 is 2.17 bits per heavy atom. The number of aliphatic hydroxyl groups is 2. The zero-order valence-corrected chi connectivity index (χ0v) is 13.4. The summed E-state index contributed by atoms with van der Waals surface area (Å²) in [5, 5.41) is 19.8. The summed E-state index contributed by atoms with van der Waals surface area (Å²) in [7, 11) is 1.25. The molecule has 0 aliphatic heterocycles. The highest BCUT2D eigenvalue weighted by Crippen LogP contribution is 2.34. The van der Waals surface area contributed by atoms with Gasteiger partial charge in [-0.25, -0.2) is 4.79 Å². The van der Waals surface area contributed by atoms with Crippen LogP contribution in [0.2, 0.25) is 0 Å². The van der Waals surface area contributed by atoms with Crippen molar-refractivity contribution in [1.82, 2.24) is 0 Å². The normalized spacial score (nSPS) is 26.3. The molecule has 7 nitrogen and oxygen atoms in total. The molecule has 0 saturated heterocycles. The van der Waals surface area contributed by atoms with E-state index in [1.165, 1.54) is 13.4 Å². The molecule has 3 rings (SSSR count). The SMILES string of the molecule is COC(=O)OC1=CC[C@H](c2coc3c(c2=O)[C@@H](O)C[C@@H](O)C3)CC1. The van der Waals surface area contributed by atoms with Crippen molar-refractivity contribution in [1.29, 1.82) is 0 Å². The number of hydrogen-bond donors (Lipinski definition) is 2. The van der Waals surface area contributed by atoms with Gasteiger partial charge < -0.3 is 24.1 Å². The first kappa shape index (κ1) is 16.7. The minimum Gasteiger partial charge on any atom is -0.468 e. The van der Waals surface area contributed by atoms with Crippen LogP contribution in [-0.4, -0.2) is 29.6 Å². The van der Waals surface area contributed by atoms with Gasteiger partial charge in [0.05, 0.1) is 31.1 Å². The minimum atomic E-state index is -1.00. The van der Waals surface area contributed by atoms with Crippen molar-refractivity contribution in [2.45, 2.75) is 50.2 Å². The van der Waals surface area contributed by atoms with Crippen LogP contribution < -0.4 is 5.43 Å². The van der Waals surface area contributed by atoms with Crippen LogP contribution in [0.5, 0.6) is 0 Å². The van der Waals surface area contributed by atoms with Gasteiger partial charge in [-0.2, -0.15) is 0 Å². The van der Waals surface area contributed by atoms with E-state index in [-0.39, 0.29) is 29.8 Å². The Labute approximate surface area is 138 Å². The van der Waals surface area contributed by atoms with Gasteiger partial charge >= 0.3 is 6.16 Å². The second kappa shape index (κ2) is 6.78. The van der Waals surface area contributed by atoms with E-state index in [1.807, 2.05) is 0 Å². The quantitative estimate of drug-likeness (QED) is 0.795. The fraction of sp³-hybridized carbons (Fsp3) is 0.529. The van der Waals surface area contributed by atoms with Crippen LogP contribution in [0.1, 0.15) is 54.6 Å². The Morgan fingerprint density at radius 3 is 2.83 bits per heavy atom. The molecule has 0 fully saturated rings. The van der Waals surface area contributed by atoms with Crippen molar-refractivity contribution < 1.29 is 28.9 Å². The van der Waals surface area contributed by atoms with Crippen LogP contribution in [-0.2, 0) is 15.9 Å². The fourth-order valence-corrected chi connectivity index (χ4v) is 3.32. The molecule has 0 radical (unpaired) electrons. The van der Waals surface area contributed by atoms with Crippen molar-refractivity contribution in [3.05, 3.63) is 45.2 Å². The van der Waals surface area contributed by atoms with Crippen molar-refractivity contribution >= 4 is 6.16 Å². The molecule has 3 atom stereocenters. The molecule has 0 spiro atoms.